The second-order valence-electron chi connectivity index (χ2n) is 2.43. The lowest BCUT2D eigenvalue weighted by Crippen LogP contribution is -1.99. The van der Waals surface area contributed by atoms with Crippen LogP contribution in [-0.4, -0.2) is 10.6 Å². The molecule has 0 aromatic heterocycles. The first-order valence-corrected chi connectivity index (χ1v) is 6.40. The lowest BCUT2D eigenvalue weighted by Gasteiger charge is -2.05. The van der Waals surface area contributed by atoms with Crippen molar-refractivity contribution in [2.24, 2.45) is 0 Å². The first-order chi connectivity index (χ1) is 6.88. The maximum Gasteiger partial charge on any atom is 0.442 e. The molecule has 0 unspecified atom stereocenters. The average Bonchev–Trinajstić information content (AvgIpc) is 2.09. The van der Waals surface area contributed by atoms with Gasteiger partial charge in [0.25, 0.3) is 0 Å². The van der Waals surface area contributed by atoms with Gasteiger partial charge in [0.1, 0.15) is 0 Å². The number of hydrogen-bond acceptors (Lipinski definition) is 2. The van der Waals surface area contributed by atoms with Gasteiger partial charge in [0.2, 0.25) is 0 Å². The van der Waals surface area contributed by atoms with Crippen LogP contribution in [0.1, 0.15) is 0 Å². The van der Waals surface area contributed by atoms with E-state index in [9.17, 15) is 13.2 Å². The summed E-state index contributed by atoms with van der Waals surface area (Å²) in [6.07, 6.45) is 0. The molecule has 0 amide bonds. The Balaban J connectivity index is 2.48. The quantitative estimate of drug-likeness (QED) is 0.548. The first-order valence-electron chi connectivity index (χ1n) is 3.67. The molecule has 7 heteroatoms. The summed E-state index contributed by atoms with van der Waals surface area (Å²) in [5.74, 6) is 0. The fourth-order valence-electron chi connectivity index (χ4n) is 0.731. The van der Waals surface area contributed by atoms with E-state index in [4.69, 9.17) is 23.2 Å². The molecular weight excluding hydrogens is 288 g/mol. The smallest absolute Gasteiger partial charge is 0.160 e. The van der Waals surface area contributed by atoms with Gasteiger partial charge in [-0.05, 0) is 30.0 Å². The van der Waals surface area contributed by atoms with Crippen molar-refractivity contribution in [3.63, 3.8) is 0 Å². The maximum atomic E-state index is 11.8. The number of halogens is 5. The van der Waals surface area contributed by atoms with E-state index < -0.39 is 5.51 Å². The number of benzene rings is 1. The van der Waals surface area contributed by atoms with Gasteiger partial charge in [-0.15, -0.1) is 11.8 Å². The van der Waals surface area contributed by atoms with Crippen LogP contribution in [0.15, 0.2) is 23.1 Å². The molecule has 0 N–H and O–H groups in total. The van der Waals surface area contributed by atoms with Crippen LogP contribution in [0.4, 0.5) is 13.2 Å². The average molecular weight is 293 g/mol. The number of thioether (sulfide) groups is 2. The van der Waals surface area contributed by atoms with Gasteiger partial charge < -0.3 is 0 Å². The third-order valence-corrected chi connectivity index (χ3v) is 3.94. The van der Waals surface area contributed by atoms with Crippen LogP contribution in [0, 0.1) is 0 Å². The minimum Gasteiger partial charge on any atom is -0.160 e. The van der Waals surface area contributed by atoms with Crippen LogP contribution in [0.25, 0.3) is 0 Å². The monoisotopic (exact) mass is 292 g/mol. The molecule has 0 atom stereocenters. The van der Waals surface area contributed by atoms with Gasteiger partial charge in [-0.1, -0.05) is 23.2 Å². The van der Waals surface area contributed by atoms with E-state index in [0.29, 0.717) is 14.9 Å². The lowest BCUT2D eigenvalue weighted by molar-refractivity contribution is -0.0324. The van der Waals surface area contributed by atoms with E-state index in [1.807, 2.05) is 0 Å². The predicted molar refractivity (Wildman–Crippen MR) is 60.8 cm³/mol. The summed E-state index contributed by atoms with van der Waals surface area (Å²) in [5, 5.41) is 0.643. The van der Waals surface area contributed by atoms with Crippen LogP contribution >= 0.6 is 46.7 Å². The van der Waals surface area contributed by atoms with E-state index in [0.717, 1.165) is 11.8 Å². The molecule has 1 aromatic carbocycles. The van der Waals surface area contributed by atoms with Gasteiger partial charge in [-0.3, -0.25) is 0 Å². The molecule has 0 nitrogen and oxygen atoms in total. The van der Waals surface area contributed by atoms with Crippen LogP contribution in [0.5, 0.6) is 0 Å². The van der Waals surface area contributed by atoms with Crippen LogP contribution in [0.3, 0.4) is 0 Å². The van der Waals surface area contributed by atoms with Gasteiger partial charge in [-0.2, -0.15) is 13.2 Å². The summed E-state index contributed by atoms with van der Waals surface area (Å²) in [6.45, 7) is 0. The Morgan fingerprint density at radius 3 is 2.33 bits per heavy atom. The number of hydrogen-bond donors (Lipinski definition) is 0. The minimum absolute atomic E-state index is 0.0746. The molecule has 0 saturated heterocycles. The van der Waals surface area contributed by atoms with Crippen molar-refractivity contribution in [3.8, 4) is 0 Å². The summed E-state index contributed by atoms with van der Waals surface area (Å²) < 4.78 is 35.4. The van der Waals surface area contributed by atoms with Crippen molar-refractivity contribution in [1.29, 1.82) is 0 Å². The van der Waals surface area contributed by atoms with Crippen LogP contribution in [-0.2, 0) is 0 Å². The highest BCUT2D eigenvalue weighted by atomic mass is 35.5. The largest absolute Gasteiger partial charge is 0.442 e. The number of rotatable bonds is 3. The van der Waals surface area contributed by atoms with E-state index in [-0.39, 0.29) is 16.8 Å². The van der Waals surface area contributed by atoms with Crippen LogP contribution in [0.2, 0.25) is 10.0 Å². The highest BCUT2D eigenvalue weighted by molar-refractivity contribution is 8.16. The molecule has 1 rings (SSSR count). The van der Waals surface area contributed by atoms with Gasteiger partial charge in [-0.25, -0.2) is 0 Å². The summed E-state index contributed by atoms with van der Waals surface area (Å²) >= 11 is 12.4. The molecule has 1 aromatic rings. The molecule has 0 fully saturated rings. The van der Waals surface area contributed by atoms with Crippen molar-refractivity contribution < 1.29 is 13.2 Å². The predicted octanol–water partition coefficient (Wildman–Crippen LogP) is 5.30. The van der Waals surface area contributed by atoms with E-state index >= 15 is 0 Å². The molecule has 0 aliphatic carbocycles. The van der Waals surface area contributed by atoms with E-state index in [1.54, 1.807) is 18.2 Å². The zero-order valence-corrected chi connectivity index (χ0v) is 10.3. The molecule has 0 aliphatic heterocycles. The Hall–Kier alpha value is 0.290. The normalized spacial score (nSPS) is 11.8. The fourth-order valence-corrected chi connectivity index (χ4v) is 2.77. The zero-order valence-electron chi connectivity index (χ0n) is 7.15. The second kappa shape index (κ2) is 5.57. The Morgan fingerprint density at radius 2 is 1.80 bits per heavy atom. The Kier molecular flexibility index (Phi) is 4.96. The molecule has 0 spiro atoms. The topological polar surface area (TPSA) is 0 Å². The fraction of sp³-hybridized carbons (Fsp3) is 0.250. The molecule has 0 heterocycles. The summed E-state index contributed by atoms with van der Waals surface area (Å²) in [5.41, 5.74) is -4.19. The molecule has 0 saturated carbocycles. The zero-order chi connectivity index (χ0) is 11.5. The standard InChI is InChI=1S/C8H5Cl2F3S2/c9-6-2-1-5(3-7(6)10)14-4-15-8(11,12)13/h1-3H,4H2. The van der Waals surface area contributed by atoms with Crippen molar-refractivity contribution in [2.75, 3.05) is 5.08 Å². The third kappa shape index (κ3) is 5.24. The molecule has 0 aliphatic rings. The van der Waals surface area contributed by atoms with Gasteiger partial charge >= 0.3 is 5.51 Å². The van der Waals surface area contributed by atoms with Crippen molar-refractivity contribution >= 4 is 46.7 Å². The molecule has 0 radical (unpaired) electrons. The van der Waals surface area contributed by atoms with Crippen molar-refractivity contribution in [3.05, 3.63) is 28.2 Å². The maximum absolute atomic E-state index is 11.8. The lowest BCUT2D eigenvalue weighted by atomic mass is 10.4. The Bertz CT molecular complexity index is 341. The van der Waals surface area contributed by atoms with Gasteiger partial charge in [0.15, 0.2) is 0 Å². The summed E-state index contributed by atoms with van der Waals surface area (Å²) in [4.78, 5) is 0.668. The van der Waals surface area contributed by atoms with Crippen molar-refractivity contribution in [2.45, 2.75) is 10.4 Å². The van der Waals surface area contributed by atoms with E-state index in [1.165, 1.54) is 0 Å². The SMILES string of the molecule is FC(F)(F)SCSc1ccc(Cl)c(Cl)c1. The second-order valence-corrected chi connectivity index (χ2v) is 5.70. The minimum atomic E-state index is -4.19. The number of alkyl halides is 3. The molecule has 0 bridgehead atoms. The Morgan fingerprint density at radius 1 is 1.13 bits per heavy atom. The van der Waals surface area contributed by atoms with Gasteiger partial charge in [0.05, 0.1) is 15.1 Å². The summed E-state index contributed by atoms with van der Waals surface area (Å²) in [6, 6.07) is 4.74. The van der Waals surface area contributed by atoms with E-state index in [2.05, 4.69) is 0 Å². The molecule has 15 heavy (non-hydrogen) atoms. The third-order valence-electron chi connectivity index (χ3n) is 1.34. The first kappa shape index (κ1) is 13.4. The highest BCUT2D eigenvalue weighted by Gasteiger charge is 2.27. The molecular formula is C8H5Cl2F3S2. The van der Waals surface area contributed by atoms with Crippen molar-refractivity contribution in [1.82, 2.24) is 0 Å². The van der Waals surface area contributed by atoms with Gasteiger partial charge in [0, 0.05) is 4.90 Å². The summed E-state index contributed by atoms with van der Waals surface area (Å²) in [7, 11) is 0. The Labute approximate surface area is 104 Å². The molecule has 84 valence electrons. The highest BCUT2D eigenvalue weighted by Crippen LogP contribution is 2.36. The van der Waals surface area contributed by atoms with Crippen LogP contribution < -0.4 is 0 Å².